The second kappa shape index (κ2) is 6.64. The first-order valence-corrected chi connectivity index (χ1v) is 8.07. The summed E-state index contributed by atoms with van der Waals surface area (Å²) in [5.74, 6) is 1.26. The highest BCUT2D eigenvalue weighted by molar-refractivity contribution is 5.94. The molecule has 3 aromatic carbocycles. The van der Waals surface area contributed by atoms with Crippen LogP contribution < -0.4 is 0 Å². The maximum absolute atomic E-state index is 10.7. The number of non-ortho nitro benzene ring substituents is 1. The Bertz CT molecular complexity index is 1110. The lowest BCUT2D eigenvalue weighted by molar-refractivity contribution is -0.384. The van der Waals surface area contributed by atoms with Crippen molar-refractivity contribution in [3.05, 3.63) is 94.7 Å². The van der Waals surface area contributed by atoms with Crippen LogP contribution in [0.25, 0.3) is 22.1 Å². The van der Waals surface area contributed by atoms with E-state index >= 15 is 0 Å². The van der Waals surface area contributed by atoms with Gasteiger partial charge >= 0.3 is 0 Å². The molecular weight excluding hydrogens is 328 g/mol. The molecular formula is C21H14N2O3. The molecule has 0 atom stereocenters. The van der Waals surface area contributed by atoms with E-state index in [1.54, 1.807) is 18.3 Å². The number of aliphatic imine (C=N–C) groups is 1. The second-order valence-corrected chi connectivity index (χ2v) is 5.76. The first-order chi connectivity index (χ1) is 12.7. The Labute approximate surface area is 149 Å². The van der Waals surface area contributed by atoms with E-state index in [1.165, 1.54) is 12.1 Å². The van der Waals surface area contributed by atoms with Gasteiger partial charge in [0.25, 0.3) is 5.69 Å². The van der Waals surface area contributed by atoms with Gasteiger partial charge in [-0.05, 0) is 35.7 Å². The zero-order valence-electron chi connectivity index (χ0n) is 13.7. The van der Waals surface area contributed by atoms with Gasteiger partial charge in [-0.1, -0.05) is 36.4 Å². The second-order valence-electron chi connectivity index (χ2n) is 5.76. The molecule has 0 aliphatic heterocycles. The third-order valence-electron chi connectivity index (χ3n) is 4.09. The molecule has 1 aromatic heterocycles. The van der Waals surface area contributed by atoms with Gasteiger partial charge in [-0.2, -0.15) is 0 Å². The van der Waals surface area contributed by atoms with Gasteiger partial charge in [-0.3, -0.25) is 15.1 Å². The average Bonchev–Trinajstić information content (AvgIpc) is 3.15. The van der Waals surface area contributed by atoms with Crippen LogP contribution in [0.5, 0.6) is 0 Å². The normalized spacial score (nSPS) is 11.2. The summed E-state index contributed by atoms with van der Waals surface area (Å²) in [4.78, 5) is 14.8. The van der Waals surface area contributed by atoms with Crippen molar-refractivity contribution in [3.63, 3.8) is 0 Å². The first kappa shape index (κ1) is 15.8. The third kappa shape index (κ3) is 3.10. The number of hydrogen-bond acceptors (Lipinski definition) is 4. The monoisotopic (exact) mass is 342 g/mol. The molecule has 4 rings (SSSR count). The van der Waals surface area contributed by atoms with Crippen molar-refractivity contribution < 1.29 is 9.34 Å². The topological polar surface area (TPSA) is 68.6 Å². The number of nitrogens with zero attached hydrogens (tertiary/aromatic N) is 2. The molecule has 0 aliphatic carbocycles. The van der Waals surface area contributed by atoms with Crippen LogP contribution in [0.15, 0.2) is 88.3 Å². The molecule has 0 fully saturated rings. The number of hydrogen-bond donors (Lipinski definition) is 0. The van der Waals surface area contributed by atoms with Crippen LogP contribution in [0.1, 0.15) is 5.76 Å². The molecule has 0 bridgehead atoms. The molecule has 4 aromatic rings. The maximum atomic E-state index is 10.7. The number of nitro benzene ring substituents is 1. The highest BCUT2D eigenvalue weighted by Gasteiger charge is 2.08. The zero-order chi connectivity index (χ0) is 17.9. The summed E-state index contributed by atoms with van der Waals surface area (Å²) in [6.07, 6.45) is 1.68. The SMILES string of the molecule is O=[N+]([O-])c1ccc(-c2ccc(C=Nc3cccc4ccccc34)o2)cc1. The molecule has 0 spiro atoms. The Hall–Kier alpha value is -3.73. The molecule has 0 amide bonds. The predicted molar refractivity (Wildman–Crippen MR) is 102 cm³/mol. The summed E-state index contributed by atoms with van der Waals surface area (Å²) < 4.78 is 5.78. The standard InChI is InChI=1S/C21H14N2O3/c24-23(25)17-10-8-16(9-11-17)21-13-12-18(26-21)14-22-20-7-3-5-15-4-1-2-6-19(15)20/h1-14H. The molecule has 5 nitrogen and oxygen atoms in total. The number of fused-ring (bicyclic) bond motifs is 1. The van der Waals surface area contributed by atoms with E-state index in [0.717, 1.165) is 22.0 Å². The summed E-state index contributed by atoms with van der Waals surface area (Å²) in [6, 6.07) is 24.0. The van der Waals surface area contributed by atoms with E-state index in [4.69, 9.17) is 4.42 Å². The van der Waals surface area contributed by atoms with Gasteiger partial charge in [-0.15, -0.1) is 0 Å². The van der Waals surface area contributed by atoms with Gasteiger partial charge < -0.3 is 4.42 Å². The Kier molecular flexibility index (Phi) is 4.03. The summed E-state index contributed by atoms with van der Waals surface area (Å²) in [7, 11) is 0. The van der Waals surface area contributed by atoms with Gasteiger partial charge in [0.15, 0.2) is 0 Å². The van der Waals surface area contributed by atoms with Crippen molar-refractivity contribution in [2.45, 2.75) is 0 Å². The highest BCUT2D eigenvalue weighted by Crippen LogP contribution is 2.27. The minimum Gasteiger partial charge on any atom is -0.455 e. The van der Waals surface area contributed by atoms with Crippen molar-refractivity contribution >= 4 is 28.4 Å². The zero-order valence-corrected chi connectivity index (χ0v) is 13.7. The van der Waals surface area contributed by atoms with Crippen molar-refractivity contribution in [2.75, 3.05) is 0 Å². The first-order valence-electron chi connectivity index (χ1n) is 8.07. The van der Waals surface area contributed by atoms with Crippen LogP contribution >= 0.6 is 0 Å². The Morgan fingerprint density at radius 3 is 2.46 bits per heavy atom. The van der Waals surface area contributed by atoms with Crippen LogP contribution in [0.3, 0.4) is 0 Å². The van der Waals surface area contributed by atoms with Gasteiger partial charge in [0.2, 0.25) is 0 Å². The fourth-order valence-corrected chi connectivity index (χ4v) is 2.78. The summed E-state index contributed by atoms with van der Waals surface area (Å²) in [5, 5.41) is 12.9. The Morgan fingerprint density at radius 1 is 0.885 bits per heavy atom. The minimum atomic E-state index is -0.422. The lowest BCUT2D eigenvalue weighted by Crippen LogP contribution is -1.86. The van der Waals surface area contributed by atoms with Crippen LogP contribution in [0, 0.1) is 10.1 Å². The fourth-order valence-electron chi connectivity index (χ4n) is 2.78. The van der Waals surface area contributed by atoms with E-state index in [2.05, 4.69) is 4.99 Å². The highest BCUT2D eigenvalue weighted by atomic mass is 16.6. The predicted octanol–water partition coefficient (Wildman–Crippen LogP) is 5.76. The minimum absolute atomic E-state index is 0.0537. The molecule has 0 N–H and O–H groups in total. The molecule has 0 radical (unpaired) electrons. The fraction of sp³-hybridized carbons (Fsp3) is 0. The Morgan fingerprint density at radius 2 is 1.65 bits per heavy atom. The maximum Gasteiger partial charge on any atom is 0.269 e. The molecule has 126 valence electrons. The lowest BCUT2D eigenvalue weighted by Gasteiger charge is -2.00. The van der Waals surface area contributed by atoms with Gasteiger partial charge in [-0.25, -0.2) is 0 Å². The van der Waals surface area contributed by atoms with E-state index < -0.39 is 4.92 Å². The van der Waals surface area contributed by atoms with Crippen LogP contribution in [-0.4, -0.2) is 11.1 Å². The van der Waals surface area contributed by atoms with E-state index in [1.807, 2.05) is 54.6 Å². The summed E-state index contributed by atoms with van der Waals surface area (Å²) >= 11 is 0. The van der Waals surface area contributed by atoms with E-state index in [-0.39, 0.29) is 5.69 Å². The molecule has 0 saturated carbocycles. The van der Waals surface area contributed by atoms with E-state index in [0.29, 0.717) is 11.5 Å². The van der Waals surface area contributed by atoms with Crippen molar-refractivity contribution in [1.29, 1.82) is 0 Å². The molecule has 26 heavy (non-hydrogen) atoms. The lowest BCUT2D eigenvalue weighted by atomic mass is 10.1. The van der Waals surface area contributed by atoms with Crippen molar-refractivity contribution in [2.24, 2.45) is 4.99 Å². The quantitative estimate of drug-likeness (QED) is 0.269. The van der Waals surface area contributed by atoms with Crippen LogP contribution in [0.4, 0.5) is 11.4 Å². The summed E-state index contributed by atoms with van der Waals surface area (Å²) in [5.41, 5.74) is 1.70. The largest absolute Gasteiger partial charge is 0.455 e. The Balaban J connectivity index is 1.60. The molecule has 0 saturated heterocycles. The summed E-state index contributed by atoms with van der Waals surface area (Å²) in [6.45, 7) is 0. The van der Waals surface area contributed by atoms with Crippen molar-refractivity contribution in [1.82, 2.24) is 0 Å². The number of furan rings is 1. The van der Waals surface area contributed by atoms with Gasteiger partial charge in [0.05, 0.1) is 16.8 Å². The molecule has 5 heteroatoms. The van der Waals surface area contributed by atoms with Crippen molar-refractivity contribution in [3.8, 4) is 11.3 Å². The number of rotatable bonds is 4. The van der Waals surface area contributed by atoms with Gasteiger partial charge in [0.1, 0.15) is 11.5 Å². The smallest absolute Gasteiger partial charge is 0.269 e. The third-order valence-corrected chi connectivity index (χ3v) is 4.09. The van der Waals surface area contributed by atoms with E-state index in [9.17, 15) is 10.1 Å². The van der Waals surface area contributed by atoms with Crippen LogP contribution in [0.2, 0.25) is 0 Å². The van der Waals surface area contributed by atoms with Gasteiger partial charge in [0, 0.05) is 23.1 Å². The average molecular weight is 342 g/mol. The number of nitro groups is 1. The van der Waals surface area contributed by atoms with Crippen LogP contribution in [-0.2, 0) is 0 Å². The molecule has 0 aliphatic rings. The number of benzene rings is 3. The molecule has 0 unspecified atom stereocenters. The molecule has 1 heterocycles.